The summed E-state index contributed by atoms with van der Waals surface area (Å²) in [5.41, 5.74) is 6.71. The van der Waals surface area contributed by atoms with E-state index in [1.807, 2.05) is 24.4 Å². The average Bonchev–Trinajstić information content (AvgIpc) is 3.20. The van der Waals surface area contributed by atoms with Gasteiger partial charge in [0.05, 0.1) is 0 Å². The largest absolute Gasteiger partial charge is 0.267 e. The molecule has 4 rings (SSSR count). The molecule has 1 heterocycles. The summed E-state index contributed by atoms with van der Waals surface area (Å²) in [6.45, 7) is 13.3. The first-order chi connectivity index (χ1) is 13.3. The van der Waals surface area contributed by atoms with Gasteiger partial charge in [0.1, 0.15) is 0 Å². The van der Waals surface area contributed by atoms with Crippen LogP contribution in [0.3, 0.4) is 0 Å². The van der Waals surface area contributed by atoms with Gasteiger partial charge in [0.2, 0.25) is 0 Å². The van der Waals surface area contributed by atoms with E-state index in [0.717, 1.165) is 5.69 Å². The van der Waals surface area contributed by atoms with Crippen molar-refractivity contribution in [2.24, 2.45) is 5.92 Å². The van der Waals surface area contributed by atoms with E-state index in [0.29, 0.717) is 5.92 Å². The molecule has 2 aromatic carbocycles. The topological polar surface area (TPSA) is 12.9 Å². The Kier molecular flexibility index (Phi) is 13.8. The Balaban J connectivity index is 0.000000486. The van der Waals surface area contributed by atoms with Crippen molar-refractivity contribution in [1.29, 1.82) is 0 Å². The summed E-state index contributed by atoms with van der Waals surface area (Å²) in [5.74, 6) is 0.560. The Morgan fingerprint density at radius 1 is 1.00 bits per heavy atom. The molecular formula is C25H31Cl2NSiZr. The maximum atomic E-state index is 4.37. The second-order valence-electron chi connectivity index (χ2n) is 7.35. The number of halogens is 2. The summed E-state index contributed by atoms with van der Waals surface area (Å²) < 4.78 is 0. The minimum absolute atomic E-state index is 0. The molecule has 158 valence electrons. The number of allylic oxidation sites excluding steroid dienone is 4. The number of nitrogens with zero attached hydrogens (tertiary/aromatic N) is 1. The first-order valence-corrected chi connectivity index (χ1v) is 15.9. The summed E-state index contributed by atoms with van der Waals surface area (Å²) in [6.07, 6.45) is 5.19. The summed E-state index contributed by atoms with van der Waals surface area (Å²) in [6, 6.07) is 18.7. The van der Waals surface area contributed by atoms with Gasteiger partial charge in [0.15, 0.2) is 0 Å². The van der Waals surface area contributed by atoms with Crippen LogP contribution in [0.25, 0.3) is 22.0 Å². The van der Waals surface area contributed by atoms with Crippen molar-refractivity contribution in [3.8, 4) is 11.3 Å². The molecule has 1 nitrogen and oxygen atoms in total. The van der Waals surface area contributed by atoms with Crippen molar-refractivity contribution in [3.05, 3.63) is 83.6 Å². The number of hydrogen-bond donors (Lipinski definition) is 0. The predicted octanol–water partition coefficient (Wildman–Crippen LogP) is 7.97. The van der Waals surface area contributed by atoms with Crippen LogP contribution in [0.15, 0.2) is 77.5 Å². The van der Waals surface area contributed by atoms with Crippen molar-refractivity contribution >= 4 is 41.0 Å². The molecule has 0 saturated heterocycles. The van der Waals surface area contributed by atoms with Crippen LogP contribution in [0.5, 0.6) is 0 Å². The minimum atomic E-state index is 0. The normalized spacial score (nSPS) is 14.4. The van der Waals surface area contributed by atoms with Gasteiger partial charge in [-0.2, -0.15) is 11.1 Å². The molecule has 3 aromatic rings. The molecule has 0 fully saturated rings. The van der Waals surface area contributed by atoms with Crippen molar-refractivity contribution < 1.29 is 23.3 Å². The number of rotatable bonds is 1. The summed E-state index contributed by atoms with van der Waals surface area (Å²) in [4.78, 5) is 4.37. The van der Waals surface area contributed by atoms with Crippen molar-refractivity contribution in [2.75, 3.05) is 0 Å². The number of hydrogen-bond acceptors (Lipinski definition) is 1. The second kappa shape index (κ2) is 14.2. The fourth-order valence-corrected chi connectivity index (χ4v) is 3.06. The average molecular weight is 536 g/mol. The number of pyridine rings is 1. The molecule has 1 atom stereocenters. The van der Waals surface area contributed by atoms with E-state index in [1.165, 1.54) is 33.1 Å². The van der Waals surface area contributed by atoms with E-state index in [4.69, 9.17) is 0 Å². The number of aromatic nitrogens is 1. The van der Waals surface area contributed by atoms with Crippen LogP contribution in [0.2, 0.25) is 13.1 Å². The van der Waals surface area contributed by atoms with Crippen molar-refractivity contribution in [1.82, 2.24) is 4.98 Å². The molecule has 0 saturated carbocycles. The smallest absolute Gasteiger partial charge is 0.0265 e. The zero-order valence-corrected chi connectivity index (χ0v) is 23.7. The van der Waals surface area contributed by atoms with Gasteiger partial charge in [-0.1, -0.05) is 38.8 Å². The van der Waals surface area contributed by atoms with E-state index >= 15 is 0 Å². The zero-order chi connectivity index (χ0) is 20.7. The summed E-state index contributed by atoms with van der Waals surface area (Å²) >= 11 is 1.74. The summed E-state index contributed by atoms with van der Waals surface area (Å²) in [7, 11) is 0. The molecule has 0 radical (unpaired) electrons. The van der Waals surface area contributed by atoms with Crippen molar-refractivity contribution in [3.63, 3.8) is 0 Å². The molecule has 0 amide bonds. The fraction of sp³-hybridized carbons (Fsp3) is 0.280. The molecule has 1 aromatic heterocycles. The third-order valence-electron chi connectivity index (χ3n) is 4.86. The van der Waals surface area contributed by atoms with Crippen LogP contribution in [0, 0.1) is 12.0 Å². The maximum absolute atomic E-state index is 4.37. The zero-order valence-electron chi connectivity index (χ0n) is 18.6. The van der Waals surface area contributed by atoms with Gasteiger partial charge >= 0.3 is 41.9 Å². The molecule has 1 aliphatic carbocycles. The standard InChI is InChI=1S/C14H10N.C9H13.C2H6Si.2ClH.Zr/c1-2-6-12-11(5-1)8-9-13(12)14-7-3-4-10-15-14;1-6-5-7(2)9(4)8(6)3;1-3-2;;;/h1-10H;6H,1-4H3;1-2H3;2*1H;/q2*-1;;;;+2. The van der Waals surface area contributed by atoms with E-state index in [1.54, 1.807) is 23.3 Å². The van der Waals surface area contributed by atoms with Crippen LogP contribution in [0.1, 0.15) is 27.7 Å². The van der Waals surface area contributed by atoms with Crippen LogP contribution in [-0.2, 0) is 23.3 Å². The molecule has 1 unspecified atom stereocenters. The first-order valence-electron chi connectivity index (χ1n) is 9.66. The Hall–Kier alpha value is -0.860. The van der Waals surface area contributed by atoms with E-state index in [2.05, 4.69) is 88.2 Å². The Bertz CT molecular complexity index is 1000. The van der Waals surface area contributed by atoms with Crippen LogP contribution < -0.4 is 0 Å². The van der Waals surface area contributed by atoms with Crippen molar-refractivity contribution in [2.45, 2.75) is 40.8 Å². The Morgan fingerprint density at radius 2 is 1.60 bits per heavy atom. The molecule has 30 heavy (non-hydrogen) atoms. The van der Waals surface area contributed by atoms with E-state index in [-0.39, 0.29) is 30.2 Å². The van der Waals surface area contributed by atoms with Gasteiger partial charge < -0.3 is 0 Å². The summed E-state index contributed by atoms with van der Waals surface area (Å²) in [5, 5.41) is 2.55. The molecule has 5 heteroatoms. The predicted molar refractivity (Wildman–Crippen MR) is 135 cm³/mol. The third-order valence-corrected chi connectivity index (χ3v) is 4.86. The molecular weight excluding hydrogens is 504 g/mol. The maximum Gasteiger partial charge on any atom is 0.0265 e. The van der Waals surface area contributed by atoms with Crippen LogP contribution in [0.4, 0.5) is 0 Å². The monoisotopic (exact) mass is 533 g/mol. The SMILES string of the molecule is CC1=[C-]C(C)C(C)=C1C.C[Si](C)=[Zr+2].Cl.Cl.c1ccc(-c2c[cH-]c3ccccc23)nc1. The van der Waals surface area contributed by atoms with Gasteiger partial charge in [-0.25, -0.2) is 5.57 Å². The minimum Gasteiger partial charge on any atom is -0.267 e. The number of fused-ring (bicyclic) bond motifs is 1. The van der Waals surface area contributed by atoms with Gasteiger partial charge in [-0.15, -0.1) is 78.4 Å². The van der Waals surface area contributed by atoms with Gasteiger partial charge in [0, 0.05) is 11.9 Å². The molecule has 1 aliphatic rings. The second-order valence-corrected chi connectivity index (χ2v) is 16.7. The van der Waals surface area contributed by atoms with Crippen LogP contribution >= 0.6 is 24.8 Å². The van der Waals surface area contributed by atoms with Gasteiger partial charge in [-0.3, -0.25) is 11.1 Å². The molecule has 0 bridgehead atoms. The Labute approximate surface area is 209 Å². The number of benzene rings is 1. The van der Waals surface area contributed by atoms with Crippen LogP contribution in [-0.4, -0.2) is 10.4 Å². The third kappa shape index (κ3) is 8.35. The molecule has 0 N–H and O–H groups in total. The quantitative estimate of drug-likeness (QED) is 0.227. The Morgan fingerprint density at radius 3 is 2.07 bits per heavy atom. The molecule has 0 spiro atoms. The van der Waals surface area contributed by atoms with Gasteiger partial charge in [-0.05, 0) is 12.1 Å². The molecule has 0 aliphatic heterocycles. The van der Waals surface area contributed by atoms with E-state index < -0.39 is 0 Å². The fourth-order valence-electron chi connectivity index (χ4n) is 3.06. The first kappa shape index (κ1) is 29.1. The van der Waals surface area contributed by atoms with E-state index in [9.17, 15) is 0 Å². The van der Waals surface area contributed by atoms with Gasteiger partial charge in [0.25, 0.3) is 0 Å².